The summed E-state index contributed by atoms with van der Waals surface area (Å²) in [7, 11) is 0. The zero-order valence-corrected chi connectivity index (χ0v) is 18.8. The second-order valence-electron chi connectivity index (χ2n) is 9.04. The maximum absolute atomic E-state index is 13.1. The topological polar surface area (TPSA) is 63.6 Å². The van der Waals surface area contributed by atoms with Crippen LogP contribution in [0.5, 0.6) is 0 Å². The zero-order chi connectivity index (χ0) is 23.1. The Morgan fingerprint density at radius 1 is 0.719 bits per heavy atom. The van der Waals surface area contributed by atoms with Crippen LogP contribution in [0.1, 0.15) is 31.9 Å². The fourth-order valence-corrected chi connectivity index (χ4v) is 3.75. The van der Waals surface area contributed by atoms with Gasteiger partial charge in [-0.25, -0.2) is 0 Å². The predicted molar refractivity (Wildman–Crippen MR) is 126 cm³/mol. The quantitative estimate of drug-likeness (QED) is 0.459. The summed E-state index contributed by atoms with van der Waals surface area (Å²) in [4.78, 5) is 25.3. The van der Waals surface area contributed by atoms with Gasteiger partial charge in [0.05, 0.1) is 11.8 Å². The van der Waals surface area contributed by atoms with Crippen LogP contribution in [0.15, 0.2) is 84.9 Å². The molecule has 0 aliphatic heterocycles. The number of carboxylic acids is 1. The minimum absolute atomic E-state index is 0.251. The van der Waals surface area contributed by atoms with E-state index in [0.717, 1.165) is 22.3 Å². The van der Waals surface area contributed by atoms with Crippen molar-refractivity contribution in [2.24, 2.45) is 11.8 Å². The van der Waals surface area contributed by atoms with Gasteiger partial charge in [0.1, 0.15) is 5.60 Å². The molecule has 0 amide bonds. The van der Waals surface area contributed by atoms with E-state index in [1.165, 1.54) is 0 Å². The van der Waals surface area contributed by atoms with E-state index in [4.69, 9.17) is 4.74 Å². The molecule has 0 spiro atoms. The van der Waals surface area contributed by atoms with Crippen molar-refractivity contribution in [2.75, 3.05) is 0 Å². The zero-order valence-electron chi connectivity index (χ0n) is 18.8. The lowest BCUT2D eigenvalue weighted by Gasteiger charge is -2.27. The SMILES string of the molecule is CC(C)(C)OC(=O)[C@@H](Cc1ccccc1)[C@H](Cc1ccc(-c2ccccc2)cc1)C(=O)O. The first-order valence-electron chi connectivity index (χ1n) is 10.9. The average Bonchev–Trinajstić information content (AvgIpc) is 2.76. The molecule has 0 heterocycles. The summed E-state index contributed by atoms with van der Waals surface area (Å²) < 4.78 is 5.62. The van der Waals surface area contributed by atoms with Crippen molar-refractivity contribution in [2.45, 2.75) is 39.2 Å². The van der Waals surface area contributed by atoms with E-state index in [-0.39, 0.29) is 6.42 Å². The third-order valence-electron chi connectivity index (χ3n) is 5.33. The van der Waals surface area contributed by atoms with Gasteiger partial charge in [-0.3, -0.25) is 9.59 Å². The van der Waals surface area contributed by atoms with Gasteiger partial charge in [0.15, 0.2) is 0 Å². The predicted octanol–water partition coefficient (Wildman–Crippen LogP) is 5.80. The Bertz CT molecular complexity index is 1020. The van der Waals surface area contributed by atoms with E-state index in [0.29, 0.717) is 6.42 Å². The van der Waals surface area contributed by atoms with E-state index in [1.54, 1.807) is 20.8 Å². The normalized spacial score (nSPS) is 13.2. The van der Waals surface area contributed by atoms with Crippen molar-refractivity contribution in [1.29, 1.82) is 0 Å². The highest BCUT2D eigenvalue weighted by Gasteiger charge is 2.36. The minimum atomic E-state index is -0.996. The number of hydrogen-bond acceptors (Lipinski definition) is 3. The lowest BCUT2D eigenvalue weighted by Crippen LogP contribution is -2.37. The molecule has 3 rings (SSSR count). The van der Waals surface area contributed by atoms with E-state index in [9.17, 15) is 14.7 Å². The van der Waals surface area contributed by atoms with E-state index in [2.05, 4.69) is 0 Å². The number of hydrogen-bond donors (Lipinski definition) is 1. The van der Waals surface area contributed by atoms with Gasteiger partial charge in [0, 0.05) is 0 Å². The highest BCUT2D eigenvalue weighted by molar-refractivity contribution is 5.82. The van der Waals surface area contributed by atoms with Crippen molar-refractivity contribution >= 4 is 11.9 Å². The molecule has 0 radical (unpaired) electrons. The van der Waals surface area contributed by atoms with Crippen LogP contribution in [-0.4, -0.2) is 22.6 Å². The molecule has 3 aromatic rings. The van der Waals surface area contributed by atoms with Crippen LogP contribution in [0.25, 0.3) is 11.1 Å². The highest BCUT2D eigenvalue weighted by Crippen LogP contribution is 2.27. The molecule has 0 unspecified atom stereocenters. The molecule has 0 aromatic heterocycles. The minimum Gasteiger partial charge on any atom is -0.481 e. The van der Waals surface area contributed by atoms with Crippen molar-refractivity contribution in [3.05, 3.63) is 96.1 Å². The molecule has 32 heavy (non-hydrogen) atoms. The molecule has 1 N–H and O–H groups in total. The Kier molecular flexibility index (Phi) is 7.47. The highest BCUT2D eigenvalue weighted by atomic mass is 16.6. The summed E-state index contributed by atoms with van der Waals surface area (Å²) in [5.41, 5.74) is 3.26. The molecule has 0 saturated heterocycles. The summed E-state index contributed by atoms with van der Waals surface area (Å²) in [5.74, 6) is -3.16. The third kappa shape index (κ3) is 6.55. The fourth-order valence-electron chi connectivity index (χ4n) is 3.75. The van der Waals surface area contributed by atoms with Gasteiger partial charge in [-0.15, -0.1) is 0 Å². The average molecular weight is 431 g/mol. The molecule has 4 nitrogen and oxygen atoms in total. The van der Waals surface area contributed by atoms with Gasteiger partial charge in [0.2, 0.25) is 0 Å². The Hall–Kier alpha value is -3.40. The first-order valence-corrected chi connectivity index (χ1v) is 10.9. The maximum Gasteiger partial charge on any atom is 0.310 e. The molecule has 0 aliphatic rings. The molecule has 0 saturated carbocycles. The van der Waals surface area contributed by atoms with Crippen molar-refractivity contribution in [3.63, 3.8) is 0 Å². The van der Waals surface area contributed by atoms with Crippen LogP contribution < -0.4 is 0 Å². The van der Waals surface area contributed by atoms with Gasteiger partial charge in [-0.05, 0) is 55.9 Å². The Morgan fingerprint density at radius 2 is 1.19 bits per heavy atom. The number of carbonyl (C=O) groups excluding carboxylic acids is 1. The second-order valence-corrected chi connectivity index (χ2v) is 9.04. The number of rotatable bonds is 8. The van der Waals surface area contributed by atoms with Crippen molar-refractivity contribution < 1.29 is 19.4 Å². The van der Waals surface area contributed by atoms with Gasteiger partial charge in [-0.2, -0.15) is 0 Å². The summed E-state index contributed by atoms with van der Waals surface area (Å²) in [6.07, 6.45) is 0.565. The Balaban J connectivity index is 1.85. The van der Waals surface area contributed by atoms with Crippen LogP contribution in [0.3, 0.4) is 0 Å². The number of aliphatic carboxylic acids is 1. The molecule has 0 aliphatic carbocycles. The number of esters is 1. The molecule has 3 aromatic carbocycles. The lowest BCUT2D eigenvalue weighted by atomic mass is 9.82. The molecule has 0 bridgehead atoms. The van der Waals surface area contributed by atoms with Crippen LogP contribution >= 0.6 is 0 Å². The summed E-state index contributed by atoms with van der Waals surface area (Å²) >= 11 is 0. The first-order chi connectivity index (χ1) is 15.2. The number of ether oxygens (including phenoxy) is 1. The Morgan fingerprint density at radius 3 is 1.72 bits per heavy atom. The standard InChI is InChI=1S/C28H30O4/c1-28(2,3)32-27(31)25(19-20-10-6-4-7-11-20)24(26(29)30)18-21-14-16-23(17-15-21)22-12-8-5-9-13-22/h4-17,24-25H,18-19H2,1-3H3,(H,29,30)/t24-,25-/m0/s1. The van der Waals surface area contributed by atoms with Gasteiger partial charge < -0.3 is 9.84 Å². The van der Waals surface area contributed by atoms with Gasteiger partial charge >= 0.3 is 11.9 Å². The summed E-state index contributed by atoms with van der Waals surface area (Å²) in [5, 5.41) is 10.1. The molecular weight excluding hydrogens is 400 g/mol. The fraction of sp³-hybridized carbons (Fsp3) is 0.286. The number of carboxylic acid groups (broad SMARTS) is 1. The van der Waals surface area contributed by atoms with Crippen LogP contribution in [-0.2, 0) is 27.2 Å². The number of carbonyl (C=O) groups is 2. The summed E-state index contributed by atoms with van der Waals surface area (Å²) in [6, 6.07) is 27.4. The molecule has 2 atom stereocenters. The molecular formula is C28H30O4. The van der Waals surface area contributed by atoms with E-state index < -0.39 is 29.4 Å². The van der Waals surface area contributed by atoms with E-state index >= 15 is 0 Å². The van der Waals surface area contributed by atoms with Crippen molar-refractivity contribution in [3.8, 4) is 11.1 Å². The van der Waals surface area contributed by atoms with Crippen LogP contribution in [0, 0.1) is 11.8 Å². The van der Waals surface area contributed by atoms with Crippen LogP contribution in [0.2, 0.25) is 0 Å². The van der Waals surface area contributed by atoms with Gasteiger partial charge in [0.25, 0.3) is 0 Å². The first kappa shape index (κ1) is 23.3. The molecule has 0 fully saturated rings. The number of benzene rings is 3. The van der Waals surface area contributed by atoms with Crippen LogP contribution in [0.4, 0.5) is 0 Å². The Labute approximate surface area is 189 Å². The lowest BCUT2D eigenvalue weighted by molar-refractivity contribution is -0.166. The van der Waals surface area contributed by atoms with E-state index in [1.807, 2.05) is 84.9 Å². The summed E-state index contributed by atoms with van der Waals surface area (Å²) in [6.45, 7) is 5.38. The smallest absolute Gasteiger partial charge is 0.310 e. The monoisotopic (exact) mass is 430 g/mol. The third-order valence-corrected chi connectivity index (χ3v) is 5.33. The second kappa shape index (κ2) is 10.3. The molecule has 4 heteroatoms. The maximum atomic E-state index is 13.1. The van der Waals surface area contributed by atoms with Crippen molar-refractivity contribution in [1.82, 2.24) is 0 Å². The molecule has 166 valence electrons. The largest absolute Gasteiger partial charge is 0.481 e. The van der Waals surface area contributed by atoms with Gasteiger partial charge in [-0.1, -0.05) is 84.9 Å².